The van der Waals surface area contributed by atoms with E-state index in [1.807, 2.05) is 0 Å². The first kappa shape index (κ1) is 19.9. The average molecular weight is 420 g/mol. The Morgan fingerprint density at radius 2 is 1.60 bits per heavy atom. The Labute approximate surface area is 167 Å². The minimum absolute atomic E-state index is 0.0359. The Morgan fingerprint density at radius 1 is 0.967 bits per heavy atom. The predicted octanol–water partition coefficient (Wildman–Crippen LogP) is 2.87. The van der Waals surface area contributed by atoms with E-state index in [0.29, 0.717) is 25.2 Å². The zero-order valence-corrected chi connectivity index (χ0v) is 15.6. The SMILES string of the molecule is O=C(Cc1cc(F)cc(F)c1)Nn1c(N2CCCC2)nc2cc(F)cc(F)c2c1=O. The summed E-state index contributed by atoms with van der Waals surface area (Å²) in [5.74, 6) is -4.40. The van der Waals surface area contributed by atoms with Crippen LogP contribution in [0.1, 0.15) is 18.4 Å². The van der Waals surface area contributed by atoms with E-state index < -0.39 is 46.5 Å². The highest BCUT2D eigenvalue weighted by Crippen LogP contribution is 2.21. The Bertz CT molecular complexity index is 1190. The molecule has 10 heteroatoms. The molecule has 0 bridgehead atoms. The molecule has 0 unspecified atom stereocenters. The van der Waals surface area contributed by atoms with Crippen LogP contribution in [0, 0.1) is 23.3 Å². The van der Waals surface area contributed by atoms with E-state index in [2.05, 4.69) is 10.4 Å². The standard InChI is InChI=1S/C20H16F4N4O2/c21-12-5-11(6-13(22)8-12)7-17(29)26-28-19(30)18-15(24)9-14(23)10-16(18)25-20(28)27-3-1-2-4-27/h5-6,8-10H,1-4,7H2,(H,26,29). The summed E-state index contributed by atoms with van der Waals surface area (Å²) in [4.78, 5) is 31.3. The molecule has 1 saturated heterocycles. The summed E-state index contributed by atoms with van der Waals surface area (Å²) in [7, 11) is 0. The summed E-state index contributed by atoms with van der Waals surface area (Å²) in [6.07, 6.45) is 1.22. The molecule has 4 rings (SSSR count). The van der Waals surface area contributed by atoms with Crippen LogP contribution in [0.3, 0.4) is 0 Å². The average Bonchev–Trinajstić information content (AvgIpc) is 3.16. The van der Waals surface area contributed by atoms with Gasteiger partial charge in [-0.2, -0.15) is 4.68 Å². The third-order valence-corrected chi connectivity index (χ3v) is 4.78. The molecule has 1 aromatic heterocycles. The molecule has 1 N–H and O–H groups in total. The maximum Gasteiger partial charge on any atom is 0.284 e. The third-order valence-electron chi connectivity index (χ3n) is 4.78. The minimum atomic E-state index is -1.11. The lowest BCUT2D eigenvalue weighted by atomic mass is 10.1. The summed E-state index contributed by atoms with van der Waals surface area (Å²) in [6.45, 7) is 1.08. The maximum absolute atomic E-state index is 14.3. The number of halogens is 4. The van der Waals surface area contributed by atoms with Crippen molar-refractivity contribution in [2.75, 3.05) is 23.4 Å². The molecule has 156 valence electrons. The zero-order chi connectivity index (χ0) is 21.4. The fraction of sp³-hybridized carbons (Fsp3) is 0.250. The number of carbonyl (C=O) groups excluding carboxylic acids is 1. The van der Waals surface area contributed by atoms with Gasteiger partial charge in [-0.3, -0.25) is 15.0 Å². The molecule has 2 heterocycles. The summed E-state index contributed by atoms with van der Waals surface area (Å²) < 4.78 is 55.4. The van der Waals surface area contributed by atoms with Crippen molar-refractivity contribution in [2.45, 2.75) is 19.3 Å². The van der Waals surface area contributed by atoms with Gasteiger partial charge in [0.05, 0.1) is 11.9 Å². The Kier molecular flexibility index (Phi) is 5.15. The van der Waals surface area contributed by atoms with Crippen LogP contribution in [0.2, 0.25) is 0 Å². The molecule has 0 spiro atoms. The van der Waals surface area contributed by atoms with Gasteiger partial charge in [0.25, 0.3) is 5.56 Å². The number of hydrogen-bond donors (Lipinski definition) is 1. The van der Waals surface area contributed by atoms with E-state index in [9.17, 15) is 27.2 Å². The van der Waals surface area contributed by atoms with Crippen LogP contribution in [0.5, 0.6) is 0 Å². The number of rotatable bonds is 4. The van der Waals surface area contributed by atoms with Crippen LogP contribution in [-0.4, -0.2) is 28.7 Å². The van der Waals surface area contributed by atoms with Gasteiger partial charge in [-0.15, -0.1) is 0 Å². The quantitative estimate of drug-likeness (QED) is 0.660. The van der Waals surface area contributed by atoms with Gasteiger partial charge < -0.3 is 4.90 Å². The number of fused-ring (bicyclic) bond motifs is 1. The van der Waals surface area contributed by atoms with Crippen molar-refractivity contribution in [2.24, 2.45) is 0 Å². The topological polar surface area (TPSA) is 67.2 Å². The predicted molar refractivity (Wildman–Crippen MR) is 102 cm³/mol. The smallest absolute Gasteiger partial charge is 0.284 e. The number of aromatic nitrogens is 2. The number of anilines is 1. The van der Waals surface area contributed by atoms with Gasteiger partial charge in [-0.25, -0.2) is 22.5 Å². The molecule has 1 aliphatic rings. The molecular weight excluding hydrogens is 404 g/mol. The van der Waals surface area contributed by atoms with Gasteiger partial charge in [0.1, 0.15) is 28.7 Å². The highest BCUT2D eigenvalue weighted by Gasteiger charge is 2.23. The molecule has 1 fully saturated rings. The largest absolute Gasteiger partial charge is 0.341 e. The number of nitrogens with one attached hydrogen (secondary N) is 1. The summed E-state index contributed by atoms with van der Waals surface area (Å²) in [6, 6.07) is 4.16. The minimum Gasteiger partial charge on any atom is -0.341 e. The Morgan fingerprint density at radius 3 is 2.27 bits per heavy atom. The first-order valence-corrected chi connectivity index (χ1v) is 9.23. The lowest BCUT2D eigenvalue weighted by Gasteiger charge is -2.22. The number of amides is 1. The molecule has 0 aliphatic carbocycles. The maximum atomic E-state index is 14.3. The highest BCUT2D eigenvalue weighted by molar-refractivity contribution is 5.87. The second kappa shape index (κ2) is 7.77. The first-order chi connectivity index (χ1) is 14.3. The molecule has 6 nitrogen and oxygen atoms in total. The van der Waals surface area contributed by atoms with E-state index in [0.717, 1.165) is 35.7 Å². The van der Waals surface area contributed by atoms with Crippen molar-refractivity contribution in [3.05, 3.63) is 69.5 Å². The second-order valence-corrected chi connectivity index (χ2v) is 7.02. The van der Waals surface area contributed by atoms with Crippen molar-refractivity contribution in [3.8, 4) is 0 Å². The normalized spacial score (nSPS) is 13.8. The summed E-state index contributed by atoms with van der Waals surface area (Å²) >= 11 is 0. The van der Waals surface area contributed by atoms with E-state index in [4.69, 9.17) is 0 Å². The van der Waals surface area contributed by atoms with E-state index in [1.165, 1.54) is 0 Å². The number of benzene rings is 2. The molecule has 30 heavy (non-hydrogen) atoms. The first-order valence-electron chi connectivity index (χ1n) is 9.23. The summed E-state index contributed by atoms with van der Waals surface area (Å²) in [5.41, 5.74) is 1.30. The molecular formula is C20H16F4N4O2. The van der Waals surface area contributed by atoms with Gasteiger partial charge >= 0.3 is 0 Å². The lowest BCUT2D eigenvalue weighted by Crippen LogP contribution is -2.39. The van der Waals surface area contributed by atoms with E-state index in [1.54, 1.807) is 4.90 Å². The van der Waals surface area contributed by atoms with E-state index >= 15 is 0 Å². The van der Waals surface area contributed by atoms with Crippen molar-refractivity contribution in [1.29, 1.82) is 0 Å². The zero-order valence-electron chi connectivity index (χ0n) is 15.6. The van der Waals surface area contributed by atoms with Gasteiger partial charge in [-0.05, 0) is 30.5 Å². The lowest BCUT2D eigenvalue weighted by molar-refractivity contribution is -0.116. The van der Waals surface area contributed by atoms with Crippen molar-refractivity contribution < 1.29 is 22.4 Å². The second-order valence-electron chi connectivity index (χ2n) is 7.02. The number of nitrogens with zero attached hydrogens (tertiary/aromatic N) is 3. The Hall–Kier alpha value is -3.43. The fourth-order valence-corrected chi connectivity index (χ4v) is 3.51. The Balaban J connectivity index is 1.76. The number of hydrogen-bond acceptors (Lipinski definition) is 4. The molecule has 1 amide bonds. The van der Waals surface area contributed by atoms with Crippen LogP contribution in [0.15, 0.2) is 35.1 Å². The monoisotopic (exact) mass is 420 g/mol. The molecule has 2 aromatic carbocycles. The fourth-order valence-electron chi connectivity index (χ4n) is 3.51. The van der Waals surface area contributed by atoms with Crippen LogP contribution in [0.4, 0.5) is 23.5 Å². The van der Waals surface area contributed by atoms with Gasteiger partial charge in [0.2, 0.25) is 11.9 Å². The summed E-state index contributed by atoms with van der Waals surface area (Å²) in [5, 5.41) is -0.476. The van der Waals surface area contributed by atoms with Gasteiger partial charge in [0, 0.05) is 31.3 Å². The van der Waals surface area contributed by atoms with Crippen LogP contribution in [-0.2, 0) is 11.2 Å². The van der Waals surface area contributed by atoms with Crippen LogP contribution >= 0.6 is 0 Å². The number of carbonyl (C=O) groups is 1. The van der Waals surface area contributed by atoms with Crippen molar-refractivity contribution in [1.82, 2.24) is 9.66 Å². The molecule has 1 aliphatic heterocycles. The highest BCUT2D eigenvalue weighted by atomic mass is 19.1. The molecule has 0 radical (unpaired) electrons. The van der Waals surface area contributed by atoms with Crippen LogP contribution < -0.4 is 15.9 Å². The van der Waals surface area contributed by atoms with Crippen molar-refractivity contribution in [3.63, 3.8) is 0 Å². The van der Waals surface area contributed by atoms with Gasteiger partial charge in [0.15, 0.2) is 0 Å². The molecule has 3 aromatic rings. The molecule has 0 atom stereocenters. The molecule has 0 saturated carbocycles. The van der Waals surface area contributed by atoms with Crippen molar-refractivity contribution >= 4 is 22.8 Å². The van der Waals surface area contributed by atoms with Crippen LogP contribution in [0.25, 0.3) is 10.9 Å². The third kappa shape index (κ3) is 3.85. The van der Waals surface area contributed by atoms with Gasteiger partial charge in [-0.1, -0.05) is 0 Å². The van der Waals surface area contributed by atoms with E-state index in [-0.39, 0.29) is 17.0 Å².